The standard InChI is InChI=1S/C13H15N3O2/c14-12(17)11-10-3-1-2-6-16(10)13(15-11)9-4-7-18-8-5-9/h1-3,6,9H,4-5,7-8H2,(H2,14,17). The largest absolute Gasteiger partial charge is 0.381 e. The van der Waals surface area contributed by atoms with Gasteiger partial charge in [-0.3, -0.25) is 4.79 Å². The van der Waals surface area contributed by atoms with Crippen LogP contribution in [-0.4, -0.2) is 28.5 Å². The van der Waals surface area contributed by atoms with Crippen molar-refractivity contribution in [2.24, 2.45) is 5.73 Å². The lowest BCUT2D eigenvalue weighted by Crippen LogP contribution is -2.16. The zero-order chi connectivity index (χ0) is 12.5. The van der Waals surface area contributed by atoms with E-state index in [4.69, 9.17) is 10.5 Å². The summed E-state index contributed by atoms with van der Waals surface area (Å²) in [5.74, 6) is 0.779. The topological polar surface area (TPSA) is 69.6 Å². The lowest BCUT2D eigenvalue weighted by Gasteiger charge is -2.20. The Morgan fingerprint density at radius 3 is 2.89 bits per heavy atom. The van der Waals surface area contributed by atoms with Crippen molar-refractivity contribution in [3.63, 3.8) is 0 Å². The minimum absolute atomic E-state index is 0.335. The summed E-state index contributed by atoms with van der Waals surface area (Å²) in [5, 5.41) is 0. The normalized spacial score (nSPS) is 17.1. The molecule has 1 amide bonds. The maximum absolute atomic E-state index is 11.4. The highest BCUT2D eigenvalue weighted by atomic mass is 16.5. The molecule has 1 fully saturated rings. The van der Waals surface area contributed by atoms with Gasteiger partial charge in [0.25, 0.3) is 5.91 Å². The number of hydrogen-bond donors (Lipinski definition) is 1. The number of pyridine rings is 1. The van der Waals surface area contributed by atoms with Crippen molar-refractivity contribution >= 4 is 11.4 Å². The lowest BCUT2D eigenvalue weighted by molar-refractivity contribution is 0.0834. The Balaban J connectivity index is 2.13. The molecule has 0 aliphatic carbocycles. The highest BCUT2D eigenvalue weighted by Crippen LogP contribution is 2.27. The fourth-order valence-electron chi connectivity index (χ4n) is 2.49. The zero-order valence-corrected chi connectivity index (χ0v) is 10.0. The van der Waals surface area contributed by atoms with Gasteiger partial charge in [-0.25, -0.2) is 4.98 Å². The fourth-order valence-corrected chi connectivity index (χ4v) is 2.49. The third-order valence-corrected chi connectivity index (χ3v) is 3.40. The minimum atomic E-state index is -0.475. The molecule has 2 aromatic heterocycles. The van der Waals surface area contributed by atoms with E-state index in [-0.39, 0.29) is 0 Å². The van der Waals surface area contributed by atoms with Crippen LogP contribution in [-0.2, 0) is 4.74 Å². The summed E-state index contributed by atoms with van der Waals surface area (Å²) >= 11 is 0. The van der Waals surface area contributed by atoms with Crippen LogP contribution in [0.1, 0.15) is 35.1 Å². The van der Waals surface area contributed by atoms with Gasteiger partial charge in [-0.1, -0.05) is 6.07 Å². The van der Waals surface area contributed by atoms with E-state index in [0.717, 1.165) is 37.4 Å². The SMILES string of the molecule is NC(=O)c1nc(C2CCOCC2)n2ccccc12. The lowest BCUT2D eigenvalue weighted by atomic mass is 10.00. The molecule has 0 radical (unpaired) electrons. The molecule has 0 saturated carbocycles. The molecule has 0 bridgehead atoms. The summed E-state index contributed by atoms with van der Waals surface area (Å²) < 4.78 is 7.33. The number of amides is 1. The smallest absolute Gasteiger partial charge is 0.269 e. The molecule has 0 unspecified atom stereocenters. The van der Waals surface area contributed by atoms with Gasteiger partial charge in [-0.05, 0) is 25.0 Å². The molecule has 0 aromatic carbocycles. The van der Waals surface area contributed by atoms with Crippen molar-refractivity contribution in [2.45, 2.75) is 18.8 Å². The van der Waals surface area contributed by atoms with E-state index in [0.29, 0.717) is 11.6 Å². The third-order valence-electron chi connectivity index (χ3n) is 3.40. The number of carbonyl (C=O) groups excluding carboxylic acids is 1. The van der Waals surface area contributed by atoms with E-state index >= 15 is 0 Å². The van der Waals surface area contributed by atoms with Crippen molar-refractivity contribution in [1.29, 1.82) is 0 Å². The van der Waals surface area contributed by atoms with Crippen LogP contribution in [0, 0.1) is 0 Å². The molecule has 5 nitrogen and oxygen atoms in total. The van der Waals surface area contributed by atoms with Gasteiger partial charge in [0.05, 0.1) is 5.52 Å². The van der Waals surface area contributed by atoms with Gasteiger partial charge >= 0.3 is 0 Å². The van der Waals surface area contributed by atoms with Gasteiger partial charge in [-0.2, -0.15) is 0 Å². The predicted octanol–water partition coefficient (Wildman–Crippen LogP) is 1.33. The second-order valence-electron chi connectivity index (χ2n) is 4.53. The molecule has 5 heteroatoms. The molecule has 0 spiro atoms. The van der Waals surface area contributed by atoms with Gasteiger partial charge in [0.15, 0.2) is 5.69 Å². The van der Waals surface area contributed by atoms with Gasteiger partial charge in [0.2, 0.25) is 0 Å². The Bertz CT molecular complexity index is 585. The maximum Gasteiger partial charge on any atom is 0.269 e. The van der Waals surface area contributed by atoms with Crippen LogP contribution in [0.25, 0.3) is 5.52 Å². The molecule has 18 heavy (non-hydrogen) atoms. The van der Waals surface area contributed by atoms with Crippen LogP contribution in [0.2, 0.25) is 0 Å². The van der Waals surface area contributed by atoms with E-state index in [1.54, 1.807) is 0 Å². The number of rotatable bonds is 2. The van der Waals surface area contributed by atoms with Gasteiger partial charge in [0.1, 0.15) is 5.82 Å². The monoisotopic (exact) mass is 245 g/mol. The first-order valence-corrected chi connectivity index (χ1v) is 6.12. The minimum Gasteiger partial charge on any atom is -0.381 e. The first-order valence-electron chi connectivity index (χ1n) is 6.12. The second kappa shape index (κ2) is 4.42. The fraction of sp³-hybridized carbons (Fsp3) is 0.385. The number of carbonyl (C=O) groups is 1. The Morgan fingerprint density at radius 2 is 2.17 bits per heavy atom. The van der Waals surface area contributed by atoms with Crippen LogP contribution in [0.4, 0.5) is 0 Å². The number of nitrogens with zero attached hydrogens (tertiary/aromatic N) is 2. The molecule has 0 atom stereocenters. The van der Waals surface area contributed by atoms with Crippen LogP contribution in [0.5, 0.6) is 0 Å². The number of aromatic nitrogens is 2. The summed E-state index contributed by atoms with van der Waals surface area (Å²) in [4.78, 5) is 15.9. The molecule has 94 valence electrons. The molecular formula is C13H15N3O2. The molecule has 1 saturated heterocycles. The highest BCUT2D eigenvalue weighted by Gasteiger charge is 2.23. The first kappa shape index (κ1) is 11.2. The van der Waals surface area contributed by atoms with Crippen molar-refractivity contribution in [1.82, 2.24) is 9.38 Å². The Kier molecular flexibility index (Phi) is 2.76. The third kappa shape index (κ3) is 1.76. The second-order valence-corrected chi connectivity index (χ2v) is 4.53. The molecule has 1 aliphatic rings. The predicted molar refractivity (Wildman–Crippen MR) is 66.5 cm³/mol. The van der Waals surface area contributed by atoms with Crippen LogP contribution in [0.15, 0.2) is 24.4 Å². The molecule has 2 aromatic rings. The summed E-state index contributed by atoms with van der Waals surface area (Å²) in [6.07, 6.45) is 3.80. The van der Waals surface area contributed by atoms with Crippen LogP contribution < -0.4 is 5.73 Å². The average Bonchev–Trinajstić information content (AvgIpc) is 2.79. The van der Waals surface area contributed by atoms with Gasteiger partial charge in [-0.15, -0.1) is 0 Å². The van der Waals surface area contributed by atoms with E-state index in [2.05, 4.69) is 4.98 Å². The van der Waals surface area contributed by atoms with E-state index in [9.17, 15) is 4.79 Å². The summed E-state index contributed by atoms with van der Waals surface area (Å²) in [5.41, 5.74) is 6.53. The molecule has 3 rings (SSSR count). The van der Waals surface area contributed by atoms with Crippen molar-refractivity contribution in [3.8, 4) is 0 Å². The Labute approximate surface area is 105 Å². The zero-order valence-electron chi connectivity index (χ0n) is 10.0. The number of ether oxygens (including phenoxy) is 1. The van der Waals surface area contributed by atoms with Crippen LogP contribution in [0.3, 0.4) is 0 Å². The number of nitrogens with two attached hydrogens (primary N) is 1. The Morgan fingerprint density at radius 1 is 1.39 bits per heavy atom. The quantitative estimate of drug-likeness (QED) is 0.867. The van der Waals surface area contributed by atoms with E-state index < -0.39 is 5.91 Å². The Hall–Kier alpha value is -1.88. The number of hydrogen-bond acceptors (Lipinski definition) is 3. The average molecular weight is 245 g/mol. The number of primary amides is 1. The summed E-state index contributed by atoms with van der Waals surface area (Å²) in [7, 11) is 0. The van der Waals surface area contributed by atoms with Crippen molar-refractivity contribution in [3.05, 3.63) is 35.9 Å². The maximum atomic E-state index is 11.4. The van der Waals surface area contributed by atoms with Crippen LogP contribution >= 0.6 is 0 Å². The molecular weight excluding hydrogens is 230 g/mol. The number of imidazole rings is 1. The number of fused-ring (bicyclic) bond motifs is 1. The highest BCUT2D eigenvalue weighted by molar-refractivity contribution is 5.97. The van der Waals surface area contributed by atoms with Gasteiger partial charge < -0.3 is 14.9 Å². The first-order chi connectivity index (χ1) is 8.77. The molecule has 2 N–H and O–H groups in total. The summed E-state index contributed by atoms with van der Waals surface area (Å²) in [6, 6.07) is 5.69. The van der Waals surface area contributed by atoms with Crippen molar-refractivity contribution in [2.75, 3.05) is 13.2 Å². The molecule has 3 heterocycles. The van der Waals surface area contributed by atoms with E-state index in [1.807, 2.05) is 28.8 Å². The summed E-state index contributed by atoms with van der Waals surface area (Å²) in [6.45, 7) is 1.50. The molecule has 1 aliphatic heterocycles. The van der Waals surface area contributed by atoms with Gasteiger partial charge in [0, 0.05) is 25.3 Å². The van der Waals surface area contributed by atoms with E-state index in [1.165, 1.54) is 0 Å². The van der Waals surface area contributed by atoms with Crippen molar-refractivity contribution < 1.29 is 9.53 Å².